The number of hydrogen-bond donors (Lipinski definition) is 3. The molecular weight excluding hydrogens is 563 g/mol. The highest BCUT2D eigenvalue weighted by Crippen LogP contribution is 2.36. The van der Waals surface area contributed by atoms with Gasteiger partial charge in [0.05, 0.1) is 30.6 Å². The molecule has 1 atom stereocenters. The highest BCUT2D eigenvalue weighted by Gasteiger charge is 2.28. The monoisotopic (exact) mass is 597 g/mol. The minimum Gasteiger partial charge on any atom is -0.440 e. The Hall–Kier alpha value is -3.74. The Morgan fingerprint density at radius 3 is 2.61 bits per heavy atom. The maximum atomic E-state index is 15.5. The first-order chi connectivity index (χ1) is 21.0. The molecule has 2 saturated heterocycles. The summed E-state index contributed by atoms with van der Waals surface area (Å²) in [4.78, 5) is 24.7. The third-order valence-corrected chi connectivity index (χ3v) is 8.28. The number of aromatic nitrogens is 4. The fraction of sp³-hybridized carbons (Fsp3) is 0.467. The van der Waals surface area contributed by atoms with Gasteiger partial charge in [-0.05, 0) is 70.8 Å². The summed E-state index contributed by atoms with van der Waals surface area (Å²) in [6.07, 6.45) is 7.73. The van der Waals surface area contributed by atoms with E-state index >= 15 is 4.39 Å². The second-order valence-corrected chi connectivity index (χ2v) is 11.9. The van der Waals surface area contributed by atoms with E-state index in [-0.39, 0.29) is 28.7 Å². The molecule has 2 aliphatic heterocycles. The number of nitrogens with one attached hydrogen (secondary N) is 2. The number of aryl methyl sites for hydroxylation is 1. The average Bonchev–Trinajstić information content (AvgIpc) is 3.75. The molecule has 2 fully saturated rings. The van der Waals surface area contributed by atoms with Gasteiger partial charge in [0, 0.05) is 47.0 Å². The van der Waals surface area contributed by atoms with Crippen LogP contribution in [0, 0.1) is 12.7 Å². The van der Waals surface area contributed by atoms with Gasteiger partial charge in [-0.25, -0.2) is 18.9 Å². The van der Waals surface area contributed by atoms with E-state index in [1.165, 1.54) is 25.3 Å². The molecule has 4 aromatic rings. The molecule has 14 heteroatoms. The number of carbonyl (C=O) groups is 1. The smallest absolute Gasteiger partial charge is 0.252 e. The van der Waals surface area contributed by atoms with Crippen LogP contribution in [-0.4, -0.2) is 95.1 Å². The number of benzene rings is 1. The molecule has 6 rings (SSSR count). The lowest BCUT2D eigenvalue weighted by Crippen LogP contribution is -2.49. The average molecular weight is 597 g/mol. The van der Waals surface area contributed by atoms with Crippen LogP contribution < -0.4 is 10.6 Å². The lowest BCUT2D eigenvalue weighted by atomic mass is 9.73. The number of likely N-dealkylation sites (tertiary alicyclic amines) is 1. The first-order valence-corrected chi connectivity index (χ1v) is 14.8. The molecule has 0 spiro atoms. The summed E-state index contributed by atoms with van der Waals surface area (Å²) >= 11 is 0. The zero-order valence-electron chi connectivity index (χ0n) is 25.0. The number of rotatable bonds is 8. The van der Waals surface area contributed by atoms with E-state index in [1.807, 2.05) is 0 Å². The van der Waals surface area contributed by atoms with Crippen LogP contribution in [0.25, 0.3) is 28.1 Å². The van der Waals surface area contributed by atoms with Crippen molar-refractivity contribution in [3.63, 3.8) is 0 Å². The normalized spacial score (nSPS) is 18.4. The van der Waals surface area contributed by atoms with Gasteiger partial charge in [-0.2, -0.15) is 5.10 Å². The summed E-state index contributed by atoms with van der Waals surface area (Å²) in [6.45, 7) is 9.10. The second kappa shape index (κ2) is 12.0. The molecule has 11 nitrogen and oxygen atoms in total. The number of amides is 1. The molecule has 226 valence electrons. The van der Waals surface area contributed by atoms with Gasteiger partial charge in [0.1, 0.15) is 27.3 Å². The summed E-state index contributed by atoms with van der Waals surface area (Å²) < 4.78 is 29.0. The van der Waals surface area contributed by atoms with Crippen LogP contribution in [0.5, 0.6) is 0 Å². The summed E-state index contributed by atoms with van der Waals surface area (Å²) in [5, 5.41) is 19.6. The summed E-state index contributed by atoms with van der Waals surface area (Å²) in [5.74, 6) is 0.699. The van der Waals surface area contributed by atoms with E-state index in [4.69, 9.17) is 29.8 Å². The number of ether oxygens (including phenoxy) is 1. The van der Waals surface area contributed by atoms with Gasteiger partial charge in [-0.1, -0.05) is 0 Å². The topological polar surface area (TPSA) is 130 Å². The zero-order chi connectivity index (χ0) is 31.2. The van der Waals surface area contributed by atoms with Crippen LogP contribution in [0.1, 0.15) is 60.8 Å². The van der Waals surface area contributed by atoms with Crippen LogP contribution in [0.4, 0.5) is 10.2 Å². The minimum atomic E-state index is -2.43. The number of piperidine rings is 1. The Bertz CT molecular complexity index is 1670. The van der Waals surface area contributed by atoms with Crippen molar-refractivity contribution < 1.29 is 23.4 Å². The maximum absolute atomic E-state index is 15.5. The van der Waals surface area contributed by atoms with Gasteiger partial charge in [0.25, 0.3) is 5.91 Å². The number of anilines is 1. The molecule has 1 unspecified atom stereocenters. The van der Waals surface area contributed by atoms with Gasteiger partial charge in [0.2, 0.25) is 0 Å². The largest absolute Gasteiger partial charge is 0.440 e. The van der Waals surface area contributed by atoms with Gasteiger partial charge >= 0.3 is 0 Å². The van der Waals surface area contributed by atoms with E-state index in [2.05, 4.69) is 39.5 Å². The van der Waals surface area contributed by atoms with E-state index in [1.54, 1.807) is 16.9 Å². The molecule has 0 aliphatic carbocycles. The third kappa shape index (κ3) is 6.24. The van der Waals surface area contributed by atoms with Gasteiger partial charge in [0.15, 0.2) is 17.3 Å². The first-order valence-electron chi connectivity index (χ1n) is 14.8. The molecule has 1 aromatic carbocycles. The highest BCUT2D eigenvalue weighted by molar-refractivity contribution is 6.39. The Kier molecular flexibility index (Phi) is 8.25. The number of fused-ring (bicyclic) bond motifs is 1. The standard InChI is InChI=1S/C30H34B2FN7O4/c1-16(2)39-7-4-18(5-8-39)29-34-13-24(44-29)23-14-40-27(37-26(23)36-20-6-9-43-15-20)22(12-35-40)21-11-19(10-17(3)25(21)33)28(41)38-30(31,32)42/h10-14,16,18,20,42H,4-9,15H2,1-3H3,(H,36,37)(H,38,41). The number of hydrogen-bond acceptors (Lipinski definition) is 9. The highest BCUT2D eigenvalue weighted by atomic mass is 19.1. The summed E-state index contributed by atoms with van der Waals surface area (Å²) in [7, 11) is 10.7. The van der Waals surface area contributed by atoms with Crippen molar-refractivity contribution in [3.05, 3.63) is 53.6 Å². The van der Waals surface area contributed by atoms with Crippen molar-refractivity contribution in [1.82, 2.24) is 29.8 Å². The molecular formula is C30H34B2FN7O4. The Balaban J connectivity index is 1.38. The van der Waals surface area contributed by atoms with Crippen LogP contribution in [0.2, 0.25) is 0 Å². The molecule has 3 aromatic heterocycles. The lowest BCUT2D eigenvalue weighted by molar-refractivity contribution is 0.0840. The Morgan fingerprint density at radius 1 is 1.16 bits per heavy atom. The maximum Gasteiger partial charge on any atom is 0.252 e. The molecule has 5 heterocycles. The molecule has 44 heavy (non-hydrogen) atoms. The molecule has 1 amide bonds. The third-order valence-electron chi connectivity index (χ3n) is 8.28. The summed E-state index contributed by atoms with van der Waals surface area (Å²) in [5.41, 5.74) is -0.682. The fourth-order valence-corrected chi connectivity index (χ4v) is 5.85. The minimum absolute atomic E-state index is 0.0232. The number of halogens is 1. The van der Waals surface area contributed by atoms with Crippen molar-refractivity contribution in [2.75, 3.05) is 31.6 Å². The SMILES string of the molecule is [B]C([B])(O)NC(=O)c1cc(C)c(F)c(-c2cnn3cc(-c4cnc(C5CCN(C(C)C)CC5)o4)c(NC4CCOC4)nc23)c1. The Morgan fingerprint density at radius 2 is 1.93 bits per heavy atom. The van der Waals surface area contributed by atoms with E-state index in [0.717, 1.165) is 32.4 Å². The molecule has 0 saturated carbocycles. The predicted octanol–water partition coefficient (Wildman–Crippen LogP) is 2.96. The number of carbonyl (C=O) groups excluding carboxylic acids is 1. The second-order valence-electron chi connectivity index (χ2n) is 11.9. The zero-order valence-corrected chi connectivity index (χ0v) is 25.0. The van der Waals surface area contributed by atoms with Crippen LogP contribution in [0.15, 0.2) is 35.1 Å². The van der Waals surface area contributed by atoms with E-state index in [9.17, 15) is 9.90 Å². The molecule has 0 bridgehead atoms. The van der Waals surface area contributed by atoms with Crippen molar-refractivity contribution >= 4 is 33.1 Å². The Labute approximate surface area is 257 Å². The van der Waals surface area contributed by atoms with Gasteiger partial charge in [-0.15, -0.1) is 0 Å². The van der Waals surface area contributed by atoms with Crippen LogP contribution in [0.3, 0.4) is 0 Å². The quantitative estimate of drug-likeness (QED) is 0.207. The van der Waals surface area contributed by atoms with Crippen molar-refractivity contribution in [1.29, 1.82) is 0 Å². The van der Waals surface area contributed by atoms with E-state index < -0.39 is 17.2 Å². The number of oxazole rings is 1. The van der Waals surface area contributed by atoms with Crippen molar-refractivity contribution in [2.24, 2.45) is 0 Å². The first kappa shape index (κ1) is 30.3. The van der Waals surface area contributed by atoms with Gasteiger partial charge in [-0.3, -0.25) is 4.79 Å². The van der Waals surface area contributed by atoms with Crippen LogP contribution >= 0.6 is 0 Å². The number of aliphatic hydroxyl groups is 1. The summed E-state index contributed by atoms with van der Waals surface area (Å²) in [6, 6.07) is 3.23. The van der Waals surface area contributed by atoms with Crippen LogP contribution in [-0.2, 0) is 4.74 Å². The van der Waals surface area contributed by atoms with Gasteiger partial charge < -0.3 is 29.8 Å². The van der Waals surface area contributed by atoms with E-state index in [0.29, 0.717) is 53.5 Å². The molecule has 4 radical (unpaired) electrons. The van der Waals surface area contributed by atoms with Crippen molar-refractivity contribution in [3.8, 4) is 22.5 Å². The number of nitrogens with zero attached hydrogens (tertiary/aromatic N) is 5. The fourth-order valence-electron chi connectivity index (χ4n) is 5.85. The molecule has 3 N–H and O–H groups in total. The lowest BCUT2D eigenvalue weighted by Gasteiger charge is -2.33. The molecule has 2 aliphatic rings. The van der Waals surface area contributed by atoms with Crippen molar-refractivity contribution in [2.45, 2.75) is 63.6 Å². The predicted molar refractivity (Wildman–Crippen MR) is 164 cm³/mol.